The third kappa shape index (κ3) is 4.22. The van der Waals surface area contributed by atoms with Crippen LogP contribution in [0.25, 0.3) is 22.0 Å². The third-order valence-electron chi connectivity index (χ3n) is 7.30. The maximum absolute atomic E-state index is 6.00. The molecule has 1 heterocycles. The topological polar surface area (TPSA) is 46.3 Å². The van der Waals surface area contributed by atoms with Gasteiger partial charge in [-0.05, 0) is 51.9 Å². The maximum Gasteiger partial charge on any atom is 0.146 e. The molecule has 4 aromatic carbocycles. The molecule has 0 radical (unpaired) electrons. The highest BCUT2D eigenvalue weighted by Crippen LogP contribution is 2.51. The predicted octanol–water partition coefficient (Wildman–Crippen LogP) is 7.02. The summed E-state index contributed by atoms with van der Waals surface area (Å²) in [6.45, 7) is 0.755. The Morgan fingerprint density at radius 2 is 1.51 bits per heavy atom. The van der Waals surface area contributed by atoms with Crippen LogP contribution in [0.15, 0.2) is 108 Å². The van der Waals surface area contributed by atoms with Crippen LogP contribution in [0.2, 0.25) is 0 Å². The summed E-state index contributed by atoms with van der Waals surface area (Å²) in [5.74, 6) is 0. The molecule has 5 aromatic rings. The lowest BCUT2D eigenvalue weighted by molar-refractivity contribution is -0.0393. The molecule has 4 nitrogen and oxygen atoms in total. The lowest BCUT2D eigenvalue weighted by Gasteiger charge is -2.38. The van der Waals surface area contributed by atoms with Gasteiger partial charge in [0.05, 0.1) is 12.1 Å². The highest BCUT2D eigenvalue weighted by atomic mass is 79.9. The maximum atomic E-state index is 6.00. The summed E-state index contributed by atoms with van der Waals surface area (Å²) in [4.78, 5) is 3.44. The molecule has 1 aliphatic carbocycles. The molecule has 0 unspecified atom stereocenters. The summed E-state index contributed by atoms with van der Waals surface area (Å²) in [5, 5.41) is 5.34. The molecular weight excluding hydrogens is 524 g/mol. The van der Waals surface area contributed by atoms with Crippen LogP contribution in [-0.2, 0) is 21.4 Å². The smallest absolute Gasteiger partial charge is 0.146 e. The van der Waals surface area contributed by atoms with Gasteiger partial charge in [-0.3, -0.25) is 5.32 Å². The van der Waals surface area contributed by atoms with Crippen molar-refractivity contribution in [2.24, 2.45) is 0 Å². The van der Waals surface area contributed by atoms with Gasteiger partial charge >= 0.3 is 0 Å². The molecule has 1 aromatic heterocycles. The Hall–Kier alpha value is -3.22. The number of nitrogens with one attached hydrogen (secondary N) is 2. The molecule has 1 aliphatic rings. The molecule has 0 bridgehead atoms. The minimum absolute atomic E-state index is 0.000625. The Labute approximate surface area is 225 Å². The Balaban J connectivity index is 1.49. The van der Waals surface area contributed by atoms with Crippen LogP contribution >= 0.6 is 15.9 Å². The van der Waals surface area contributed by atoms with Gasteiger partial charge in [0.25, 0.3) is 0 Å². The zero-order chi connectivity index (χ0) is 25.2. The van der Waals surface area contributed by atoms with E-state index in [4.69, 9.17) is 9.47 Å². The average molecular weight is 554 g/mol. The number of aromatic nitrogens is 1. The number of hydrogen-bond acceptors (Lipinski definition) is 3. The molecule has 1 atom stereocenters. The van der Waals surface area contributed by atoms with Crippen LogP contribution < -0.4 is 5.32 Å². The van der Waals surface area contributed by atoms with Gasteiger partial charge in [-0.25, -0.2) is 0 Å². The highest BCUT2D eigenvalue weighted by Gasteiger charge is 2.45. The van der Waals surface area contributed by atoms with Gasteiger partial charge in [-0.2, -0.15) is 0 Å². The number of fused-ring (bicyclic) bond motifs is 4. The molecule has 5 heteroatoms. The summed E-state index contributed by atoms with van der Waals surface area (Å²) in [6.07, 6.45) is 2.90. The average Bonchev–Trinajstić information content (AvgIpc) is 3.48. The molecule has 186 valence electrons. The lowest BCUT2D eigenvalue weighted by atomic mass is 9.79. The van der Waals surface area contributed by atoms with Gasteiger partial charge in [-0.15, -0.1) is 0 Å². The number of hydrogen-bond donors (Lipinski definition) is 2. The first kappa shape index (κ1) is 24.1. The van der Waals surface area contributed by atoms with Gasteiger partial charge in [0.1, 0.15) is 6.79 Å². The molecule has 0 fully saturated rings. The fourth-order valence-corrected chi connectivity index (χ4v) is 6.46. The van der Waals surface area contributed by atoms with Gasteiger partial charge in [0, 0.05) is 34.7 Å². The van der Waals surface area contributed by atoms with Gasteiger partial charge < -0.3 is 14.5 Å². The van der Waals surface area contributed by atoms with E-state index < -0.39 is 5.54 Å². The van der Waals surface area contributed by atoms with E-state index in [0.29, 0.717) is 6.61 Å². The van der Waals surface area contributed by atoms with E-state index in [1.54, 1.807) is 7.11 Å². The molecule has 0 amide bonds. The number of ether oxygens (including phenoxy) is 2. The van der Waals surface area contributed by atoms with Crippen molar-refractivity contribution in [3.63, 3.8) is 0 Å². The number of H-pyrrole nitrogens is 1. The van der Waals surface area contributed by atoms with Crippen molar-refractivity contribution in [1.82, 2.24) is 10.3 Å². The van der Waals surface area contributed by atoms with Crippen molar-refractivity contribution in [1.29, 1.82) is 0 Å². The Kier molecular flexibility index (Phi) is 6.70. The zero-order valence-corrected chi connectivity index (χ0v) is 22.3. The Bertz CT molecular complexity index is 1480. The summed E-state index contributed by atoms with van der Waals surface area (Å²) in [7, 11) is 1.66. The van der Waals surface area contributed by atoms with Crippen molar-refractivity contribution >= 4 is 26.8 Å². The van der Waals surface area contributed by atoms with Crippen LogP contribution in [0.5, 0.6) is 0 Å². The van der Waals surface area contributed by atoms with Crippen LogP contribution in [0, 0.1) is 0 Å². The van der Waals surface area contributed by atoms with Crippen molar-refractivity contribution in [2.45, 2.75) is 18.0 Å². The predicted molar refractivity (Wildman–Crippen MR) is 153 cm³/mol. The van der Waals surface area contributed by atoms with Crippen LogP contribution in [0.3, 0.4) is 0 Å². The number of aromatic amines is 1. The van der Waals surface area contributed by atoms with E-state index in [2.05, 4.69) is 129 Å². The lowest BCUT2D eigenvalue weighted by Crippen LogP contribution is -2.51. The Morgan fingerprint density at radius 1 is 0.838 bits per heavy atom. The van der Waals surface area contributed by atoms with E-state index in [9.17, 15) is 0 Å². The summed E-state index contributed by atoms with van der Waals surface area (Å²) >= 11 is 3.77. The number of halogens is 1. The molecule has 0 aliphatic heterocycles. The quantitative estimate of drug-likeness (QED) is 0.152. The number of methoxy groups -OCH3 is 1. The van der Waals surface area contributed by atoms with E-state index in [0.717, 1.165) is 16.4 Å². The van der Waals surface area contributed by atoms with E-state index in [1.165, 1.54) is 38.8 Å². The van der Waals surface area contributed by atoms with Crippen molar-refractivity contribution in [3.05, 3.63) is 130 Å². The van der Waals surface area contributed by atoms with E-state index in [1.807, 2.05) is 0 Å². The highest BCUT2D eigenvalue weighted by molar-refractivity contribution is 9.10. The number of rotatable bonds is 9. The first-order valence-corrected chi connectivity index (χ1v) is 13.4. The molecular formula is C32H29BrN2O2. The SMILES string of the molecule is COCOC[C@@H](Cc1c[nH]c2cccc(Br)c12)NC1(c2ccccc2)c2ccccc2-c2ccccc21. The largest absolute Gasteiger partial charge is 0.361 e. The van der Waals surface area contributed by atoms with Crippen molar-refractivity contribution in [2.75, 3.05) is 20.5 Å². The van der Waals surface area contributed by atoms with Crippen LogP contribution in [0.4, 0.5) is 0 Å². The second-order valence-corrected chi connectivity index (χ2v) is 10.4. The molecule has 0 spiro atoms. The van der Waals surface area contributed by atoms with Crippen molar-refractivity contribution < 1.29 is 9.47 Å². The fraction of sp³-hybridized carbons (Fsp3) is 0.188. The molecule has 2 N–H and O–H groups in total. The minimum Gasteiger partial charge on any atom is -0.361 e. The van der Waals surface area contributed by atoms with Crippen LogP contribution in [-0.4, -0.2) is 31.5 Å². The summed E-state index contributed by atoms with van der Waals surface area (Å²) in [5.41, 5.74) is 8.11. The Morgan fingerprint density at radius 3 is 2.22 bits per heavy atom. The second-order valence-electron chi connectivity index (χ2n) is 9.51. The van der Waals surface area contributed by atoms with E-state index >= 15 is 0 Å². The first-order chi connectivity index (χ1) is 18.2. The molecule has 6 rings (SSSR count). The normalized spacial score (nSPS) is 14.4. The monoisotopic (exact) mass is 552 g/mol. The summed E-state index contributed by atoms with van der Waals surface area (Å²) in [6, 6.07) is 34.5. The van der Waals surface area contributed by atoms with Gasteiger partial charge in [-0.1, -0.05) is 101 Å². The molecule has 37 heavy (non-hydrogen) atoms. The molecule has 0 saturated carbocycles. The van der Waals surface area contributed by atoms with Crippen LogP contribution in [0.1, 0.15) is 22.3 Å². The summed E-state index contributed by atoms with van der Waals surface area (Å²) < 4.78 is 12.3. The minimum atomic E-state index is -0.515. The third-order valence-corrected chi connectivity index (χ3v) is 7.96. The number of benzene rings is 4. The zero-order valence-electron chi connectivity index (χ0n) is 20.7. The fourth-order valence-electron chi connectivity index (χ4n) is 5.84. The van der Waals surface area contributed by atoms with Gasteiger partial charge in [0.15, 0.2) is 0 Å². The van der Waals surface area contributed by atoms with E-state index in [-0.39, 0.29) is 12.8 Å². The van der Waals surface area contributed by atoms with Gasteiger partial charge in [0.2, 0.25) is 0 Å². The van der Waals surface area contributed by atoms with Crippen molar-refractivity contribution in [3.8, 4) is 11.1 Å². The first-order valence-electron chi connectivity index (χ1n) is 12.6. The second kappa shape index (κ2) is 10.3. The standard InChI is InChI=1S/C32H29BrN2O2/c1-36-21-37-20-24(18-22-19-34-30-17-9-16-29(33)31(22)30)35-32(23-10-3-2-4-11-23)27-14-7-5-12-25(27)26-13-6-8-15-28(26)32/h2-17,19,24,34-35H,18,20-21H2,1H3/t24-/m1/s1. The molecule has 0 saturated heterocycles.